The molecule has 3 aliphatic rings. The van der Waals surface area contributed by atoms with Crippen molar-refractivity contribution in [2.24, 2.45) is 5.92 Å². The van der Waals surface area contributed by atoms with Crippen molar-refractivity contribution in [3.8, 4) is 22.5 Å². The van der Waals surface area contributed by atoms with Gasteiger partial charge in [-0.05, 0) is 101 Å². The lowest BCUT2D eigenvalue weighted by Gasteiger charge is -2.35. The predicted molar refractivity (Wildman–Crippen MR) is 391 cm³/mol. The number of amides is 5. The van der Waals surface area contributed by atoms with E-state index in [0.29, 0.717) is 90.8 Å². The Morgan fingerprint density at radius 3 is 2.14 bits per heavy atom. The van der Waals surface area contributed by atoms with Gasteiger partial charge in [-0.2, -0.15) is 4.31 Å². The highest BCUT2D eigenvalue weighted by Crippen LogP contribution is 2.42. The number of hydrogen-bond donors (Lipinski definition) is 4. The number of fused-ring (bicyclic) bond motifs is 3. The second-order valence-electron chi connectivity index (χ2n) is 26.0. The number of benzene rings is 6. The van der Waals surface area contributed by atoms with Crippen LogP contribution in [0.2, 0.25) is 0 Å². The van der Waals surface area contributed by atoms with Crippen molar-refractivity contribution in [2.45, 2.75) is 123 Å². The summed E-state index contributed by atoms with van der Waals surface area (Å²) in [5.74, 6) is -0.920. The minimum Gasteiger partial charge on any atom is -0.456 e. The number of aromatic nitrogens is 4. The van der Waals surface area contributed by atoms with Crippen molar-refractivity contribution in [1.82, 2.24) is 54.6 Å². The van der Waals surface area contributed by atoms with E-state index >= 15 is 0 Å². The average Bonchev–Trinajstić information content (AvgIpc) is 0.864. The van der Waals surface area contributed by atoms with Crippen molar-refractivity contribution in [2.75, 3.05) is 76.9 Å². The van der Waals surface area contributed by atoms with Gasteiger partial charge >= 0.3 is 0 Å². The minimum absolute atomic E-state index is 0.000202. The molecule has 4 N–H and O–H groups in total. The van der Waals surface area contributed by atoms with Gasteiger partial charge in [0.15, 0.2) is 5.78 Å². The maximum atomic E-state index is 14.6. The van der Waals surface area contributed by atoms with Gasteiger partial charge in [-0.15, -0.1) is 5.10 Å². The lowest BCUT2D eigenvalue weighted by molar-refractivity contribution is -0.134. The summed E-state index contributed by atoms with van der Waals surface area (Å²) >= 11 is 0. The van der Waals surface area contributed by atoms with Gasteiger partial charge in [0.1, 0.15) is 41.1 Å². The van der Waals surface area contributed by atoms with Crippen molar-refractivity contribution in [1.29, 1.82) is 0 Å². The fourth-order valence-corrected chi connectivity index (χ4v) is 14.8. The van der Waals surface area contributed by atoms with E-state index in [2.05, 4.69) is 105 Å². The molecule has 2 aliphatic heterocycles. The fraction of sp³-hybridized carbons (Fsp3) is 0.385. The third-order valence-electron chi connectivity index (χ3n) is 18.8. The molecule has 0 radical (unpaired) electrons. The summed E-state index contributed by atoms with van der Waals surface area (Å²) in [7, 11) is -4.11. The zero-order valence-electron chi connectivity index (χ0n) is 58.8. The van der Waals surface area contributed by atoms with Gasteiger partial charge in [-0.3, -0.25) is 33.8 Å². The summed E-state index contributed by atoms with van der Waals surface area (Å²) in [6, 6.07) is 42.8. The van der Waals surface area contributed by atoms with Crippen LogP contribution in [-0.4, -0.2) is 167 Å². The van der Waals surface area contributed by atoms with Crippen molar-refractivity contribution in [3.05, 3.63) is 191 Å². The Balaban J connectivity index is 0.694. The second kappa shape index (κ2) is 34.4. The molecule has 1 aliphatic carbocycles. The molecule has 22 nitrogen and oxygen atoms in total. The zero-order chi connectivity index (χ0) is 71.7. The summed E-state index contributed by atoms with van der Waals surface area (Å²) < 4.78 is 40.1. The number of rotatable bonds is 32. The third-order valence-corrected chi connectivity index (χ3v) is 20.6. The molecule has 0 spiro atoms. The monoisotopic (exact) mass is 1390 g/mol. The summed E-state index contributed by atoms with van der Waals surface area (Å²) in [5, 5.41) is 31.3. The molecule has 4 heterocycles. The molecule has 1 fully saturated rings. The summed E-state index contributed by atoms with van der Waals surface area (Å²) in [5.41, 5.74) is 7.33. The summed E-state index contributed by atoms with van der Waals surface area (Å²) in [6.45, 7) is 18.9. The van der Waals surface area contributed by atoms with Gasteiger partial charge < -0.3 is 40.2 Å². The molecule has 5 aromatic carbocycles. The van der Waals surface area contributed by atoms with Crippen LogP contribution in [0, 0.1) is 5.92 Å². The maximum Gasteiger partial charge on any atom is 0.254 e. The number of pyridine rings is 1. The smallest absolute Gasteiger partial charge is 0.254 e. The Labute approximate surface area is 590 Å². The number of para-hydroxylation sites is 1. The summed E-state index contributed by atoms with van der Waals surface area (Å²) in [4.78, 5) is 92.3. The van der Waals surface area contributed by atoms with E-state index in [1.165, 1.54) is 15.1 Å². The van der Waals surface area contributed by atoms with Crippen LogP contribution in [-0.2, 0) is 42.2 Å². The third kappa shape index (κ3) is 18.2. The van der Waals surface area contributed by atoms with Crippen LogP contribution in [0.3, 0.4) is 0 Å². The first-order valence-electron chi connectivity index (χ1n) is 35.2. The number of carbonyl (C=O) groups is 6. The molecule has 101 heavy (non-hydrogen) atoms. The Kier molecular flexibility index (Phi) is 25.1. The molecule has 1 saturated heterocycles. The number of piperazine rings is 1. The number of anilines is 1. The molecule has 23 heteroatoms. The van der Waals surface area contributed by atoms with Gasteiger partial charge in [0.2, 0.25) is 39.0 Å². The van der Waals surface area contributed by atoms with Crippen molar-refractivity contribution in [3.63, 3.8) is 0 Å². The fourth-order valence-electron chi connectivity index (χ4n) is 13.0. The van der Waals surface area contributed by atoms with E-state index in [0.717, 1.165) is 70.6 Å². The molecular weight excluding hydrogens is 1300 g/mol. The van der Waals surface area contributed by atoms with Gasteiger partial charge in [-0.1, -0.05) is 116 Å². The molecule has 0 bridgehead atoms. The van der Waals surface area contributed by atoms with E-state index in [1.807, 2.05) is 44.2 Å². The SMILES string of the molecule is CCN(CC)c1ccc2c(-c3ccccc3C(=O)N3CCN(C(=O)CCC(=O)NCCCCCC(=O)N[C@@H](Cc4ccc(C(=O)c5ccccc5)cc4)C(=O)NCc4cn([C@@H](C)C(O)CN(CC(C)C)S(=O)(=O)c5cccc6cccnc56)nn4)CC3)c3ccc(=[N+](CC)CC)cc-3oc2c1. The van der Waals surface area contributed by atoms with Crippen LogP contribution >= 0.6 is 0 Å². The van der Waals surface area contributed by atoms with Gasteiger partial charge in [-0.25, -0.2) is 17.7 Å². The van der Waals surface area contributed by atoms with E-state index in [-0.39, 0.29) is 85.5 Å². The van der Waals surface area contributed by atoms with Crippen molar-refractivity contribution >= 4 is 72.9 Å². The highest BCUT2D eigenvalue weighted by Gasteiger charge is 2.33. The van der Waals surface area contributed by atoms with E-state index in [1.54, 1.807) is 102 Å². The van der Waals surface area contributed by atoms with Crippen LogP contribution in [0.25, 0.3) is 44.3 Å². The van der Waals surface area contributed by atoms with Crippen LogP contribution in [0.1, 0.15) is 131 Å². The minimum atomic E-state index is -4.11. The number of hydrogen-bond acceptors (Lipinski definition) is 14. The molecule has 2 aromatic heterocycles. The number of ketones is 1. The normalized spacial score (nSPS) is 13.5. The number of aliphatic hydroxyl groups excluding tert-OH is 1. The van der Waals surface area contributed by atoms with Crippen LogP contribution in [0.4, 0.5) is 5.69 Å². The Morgan fingerprint density at radius 2 is 1.41 bits per heavy atom. The first-order valence-corrected chi connectivity index (χ1v) is 36.7. The zero-order valence-corrected chi connectivity index (χ0v) is 59.6. The molecular formula is C78H93N12O10S+. The van der Waals surface area contributed by atoms with Crippen LogP contribution < -0.4 is 30.8 Å². The number of unbranched alkanes of at least 4 members (excludes halogenated alkanes) is 2. The highest BCUT2D eigenvalue weighted by molar-refractivity contribution is 7.89. The molecule has 3 atom stereocenters. The Hall–Kier alpha value is -9.97. The molecule has 10 rings (SSSR count). The van der Waals surface area contributed by atoms with Gasteiger partial charge in [0.05, 0.1) is 36.5 Å². The summed E-state index contributed by atoms with van der Waals surface area (Å²) in [6.07, 6.45) is 3.72. The average molecular weight is 1390 g/mol. The standard InChI is InChI=1S/C78H92N12O10S/c1-8-85(9-2)60-34-36-64-68(47-60)100-69-48-61(86(10-3)11-4)35-37-65(69)74(64)62-26-17-18-27-63(62)78(97)88-44-42-87(43-45-88)73(94)39-38-71(92)79-40-19-13-16-29-72(93)82-66(46-55-30-32-58(33-31-55)76(95)57-22-14-12-15-23-57)77(96)81-49-59-51-90(84-83-59)54(7)67(91)52-89(50-53(5)6)101(98,99)70-28-20-24-56-25-21-41-80-75(56)70/h12,14-15,17-18,20-28,30-37,41,47-48,51,53-54,66-67,91H,8-11,13,16,19,29,38-40,42-46,49-50,52H2,1-7H3,(H2-,79,81,82,92,93,96)/p+1/t54-,66-,67?/m0/s1. The number of nitrogens with zero attached hydrogens (tertiary/aromatic N) is 9. The Morgan fingerprint density at radius 1 is 0.693 bits per heavy atom. The molecule has 1 unspecified atom stereocenters. The number of sulfonamides is 1. The second-order valence-corrected chi connectivity index (χ2v) is 27.9. The lowest BCUT2D eigenvalue weighted by Crippen LogP contribution is -2.50. The largest absolute Gasteiger partial charge is 0.456 e. The molecule has 0 saturated carbocycles. The Bertz CT molecular complexity index is 4530. The van der Waals surface area contributed by atoms with E-state index in [9.17, 15) is 42.3 Å². The molecule has 5 amide bonds. The topological polar surface area (TPSA) is 266 Å². The molecule has 530 valence electrons. The maximum absolute atomic E-state index is 14.6. The number of aliphatic hydroxyl groups is 1. The molecule has 7 aromatic rings. The lowest BCUT2D eigenvalue weighted by atomic mass is 9.90. The number of nitrogens with one attached hydrogen (secondary N) is 3. The van der Waals surface area contributed by atoms with E-state index in [4.69, 9.17) is 4.42 Å². The highest BCUT2D eigenvalue weighted by atomic mass is 32.2. The quantitative estimate of drug-likeness (QED) is 0.0133. The van der Waals surface area contributed by atoms with E-state index < -0.39 is 34.1 Å². The van der Waals surface area contributed by atoms with Crippen LogP contribution in [0.5, 0.6) is 0 Å². The van der Waals surface area contributed by atoms with Gasteiger partial charge in [0.25, 0.3) is 5.91 Å². The number of carbonyl (C=O) groups excluding carboxylic acids is 6. The predicted octanol–water partition coefficient (Wildman–Crippen LogP) is 9.29. The van der Waals surface area contributed by atoms with Crippen LogP contribution in [0.15, 0.2) is 167 Å². The first kappa shape index (κ1) is 73.7. The van der Waals surface area contributed by atoms with Crippen molar-refractivity contribution < 1.29 is 46.7 Å². The van der Waals surface area contributed by atoms with Gasteiger partial charge in [0, 0.05) is 147 Å². The first-order chi connectivity index (χ1) is 48.8.